The fourth-order valence-corrected chi connectivity index (χ4v) is 7.50. The van der Waals surface area contributed by atoms with Crippen molar-refractivity contribution < 1.29 is 55.1 Å². The Labute approximate surface area is 288 Å². The van der Waals surface area contributed by atoms with Gasteiger partial charge in [0.05, 0.1) is 40.4 Å². The van der Waals surface area contributed by atoms with Crippen LogP contribution >= 0.6 is 0 Å². The Morgan fingerprint density at radius 1 is 1.00 bits per heavy atom. The molecule has 0 radical (unpaired) electrons. The van der Waals surface area contributed by atoms with Gasteiger partial charge >= 0.3 is 19.5 Å². The Bertz CT molecular complexity index is 1880. The van der Waals surface area contributed by atoms with Gasteiger partial charge in [-0.05, 0) is 103 Å². The standard InChI is InChI=1S/C36H32BF7N2O5/c1-18(2)24-16-25-32(34(49)46(33(25)48)23-14-21(35(39,40)41)13-22(15-23)36(42,43)44)26-17-37(50)51-30(31(24)26)9-7-20(28-5-3-4-10-45-28)11-19-6-8-29(47)27(38)12-19/h3-6,8,10-15,18,25-26,30,32,47,50H,7,9,16-17H2,1-2H3/b20-11-/t25-,26+,30-,32-/m1/s1. The minimum absolute atomic E-state index is 0.0198. The number of hydrogen-bond acceptors (Lipinski definition) is 6. The molecule has 2 N–H and O–H groups in total. The third-order valence-corrected chi connectivity index (χ3v) is 9.75. The van der Waals surface area contributed by atoms with Crippen LogP contribution in [0.4, 0.5) is 36.4 Å². The molecule has 7 nitrogen and oxygen atoms in total. The Kier molecular flexibility index (Phi) is 9.66. The van der Waals surface area contributed by atoms with Crippen molar-refractivity contribution in [2.24, 2.45) is 23.7 Å². The summed E-state index contributed by atoms with van der Waals surface area (Å²) in [5, 5.41) is 20.6. The highest BCUT2D eigenvalue weighted by Crippen LogP contribution is 2.53. The van der Waals surface area contributed by atoms with Gasteiger partial charge in [0.15, 0.2) is 11.6 Å². The third kappa shape index (κ3) is 7.18. The van der Waals surface area contributed by atoms with Crippen molar-refractivity contribution >= 4 is 36.3 Å². The fraction of sp³-hybridized carbons (Fsp3) is 0.361. The van der Waals surface area contributed by atoms with Gasteiger partial charge in [-0.1, -0.05) is 31.6 Å². The van der Waals surface area contributed by atoms with Crippen LogP contribution in [0.1, 0.15) is 55.5 Å². The number of benzene rings is 2. The number of imide groups is 1. The zero-order valence-electron chi connectivity index (χ0n) is 27.3. The molecule has 2 saturated heterocycles. The normalized spacial score (nSPS) is 22.9. The van der Waals surface area contributed by atoms with Crippen LogP contribution in [-0.2, 0) is 26.6 Å². The molecule has 0 unspecified atom stereocenters. The van der Waals surface area contributed by atoms with Crippen molar-refractivity contribution in [2.45, 2.75) is 57.9 Å². The van der Waals surface area contributed by atoms with E-state index >= 15 is 0 Å². The second-order valence-corrected chi connectivity index (χ2v) is 13.3. The number of phenols is 1. The summed E-state index contributed by atoms with van der Waals surface area (Å²) >= 11 is 0. The lowest BCUT2D eigenvalue weighted by molar-refractivity contribution is -0.143. The van der Waals surface area contributed by atoms with Gasteiger partial charge in [0, 0.05) is 6.20 Å². The topological polar surface area (TPSA) is 100.0 Å². The van der Waals surface area contributed by atoms with Gasteiger partial charge in [0.25, 0.3) is 0 Å². The molecule has 15 heteroatoms. The molecular formula is C36H32BF7N2O5. The summed E-state index contributed by atoms with van der Waals surface area (Å²) < 4.78 is 103. The highest BCUT2D eigenvalue weighted by Gasteiger charge is 2.58. The Balaban J connectivity index is 1.36. The molecule has 6 rings (SSSR count). The molecule has 3 aromatic rings. The SMILES string of the molecule is CC(C)C1=C2[C@@H](CC/C(=C/c3ccc(O)c(F)c3)c3ccccn3)OB(O)C[C@@H]2[C@@H]2C(=O)N(c3cc(C(F)(F)F)cc(C(F)(F)F)c3)C(=O)[C@@H]2C1. The van der Waals surface area contributed by atoms with Gasteiger partial charge in [-0.2, -0.15) is 26.3 Å². The number of alkyl halides is 6. The molecule has 3 heterocycles. The maximum Gasteiger partial charge on any atom is 0.455 e. The highest BCUT2D eigenvalue weighted by molar-refractivity contribution is 6.43. The Morgan fingerprint density at radius 2 is 1.69 bits per heavy atom. The molecular weight excluding hydrogens is 684 g/mol. The maximum atomic E-state index is 14.2. The van der Waals surface area contributed by atoms with Crippen LogP contribution in [0, 0.1) is 29.5 Å². The van der Waals surface area contributed by atoms with E-state index in [9.17, 15) is 50.5 Å². The number of aromatic hydroxyl groups is 1. The molecule has 0 spiro atoms. The minimum atomic E-state index is -5.19. The summed E-state index contributed by atoms with van der Waals surface area (Å²) in [7, 11) is -1.40. The number of carbonyl (C=O) groups is 2. The first-order chi connectivity index (χ1) is 23.9. The minimum Gasteiger partial charge on any atom is -0.505 e. The predicted octanol–water partition coefficient (Wildman–Crippen LogP) is 7.94. The molecule has 2 aromatic carbocycles. The number of rotatable bonds is 7. The average Bonchev–Trinajstić information content (AvgIpc) is 3.32. The second kappa shape index (κ2) is 13.6. The van der Waals surface area contributed by atoms with Gasteiger partial charge in [-0.15, -0.1) is 0 Å². The monoisotopic (exact) mass is 716 g/mol. The molecule has 2 aliphatic heterocycles. The number of phenolic OH excluding ortho intramolecular Hbond substituents is 1. The number of nitrogens with zero attached hydrogens (tertiary/aromatic N) is 2. The Morgan fingerprint density at radius 3 is 2.27 bits per heavy atom. The number of aromatic nitrogens is 1. The molecule has 1 aliphatic carbocycles. The van der Waals surface area contributed by atoms with Gasteiger partial charge in [0.2, 0.25) is 11.8 Å². The van der Waals surface area contributed by atoms with Crippen LogP contribution in [0.15, 0.2) is 71.9 Å². The fourth-order valence-electron chi connectivity index (χ4n) is 7.50. The van der Waals surface area contributed by atoms with Crippen molar-refractivity contribution in [3.63, 3.8) is 0 Å². The summed E-state index contributed by atoms with van der Waals surface area (Å²) in [6.07, 6.45) is -7.50. The lowest BCUT2D eigenvalue weighted by Crippen LogP contribution is -2.46. The predicted molar refractivity (Wildman–Crippen MR) is 173 cm³/mol. The number of fused-ring (bicyclic) bond motifs is 3. The molecule has 51 heavy (non-hydrogen) atoms. The summed E-state index contributed by atoms with van der Waals surface area (Å²) in [6.45, 7) is 3.73. The third-order valence-electron chi connectivity index (χ3n) is 9.75. The van der Waals surface area contributed by atoms with E-state index in [-0.39, 0.29) is 37.6 Å². The van der Waals surface area contributed by atoms with Crippen molar-refractivity contribution in [1.82, 2.24) is 4.98 Å². The van der Waals surface area contributed by atoms with E-state index in [4.69, 9.17) is 4.65 Å². The zero-order valence-corrected chi connectivity index (χ0v) is 27.3. The summed E-state index contributed by atoms with van der Waals surface area (Å²) in [5.74, 6) is -6.42. The molecule has 2 fully saturated rings. The molecule has 3 aliphatic rings. The van der Waals surface area contributed by atoms with Crippen LogP contribution in [0.25, 0.3) is 11.6 Å². The van der Waals surface area contributed by atoms with Crippen molar-refractivity contribution in [3.05, 3.63) is 100 Å². The largest absolute Gasteiger partial charge is 0.505 e. The van der Waals surface area contributed by atoms with Gasteiger partial charge in [-0.25, -0.2) is 9.29 Å². The van der Waals surface area contributed by atoms with E-state index in [1.54, 1.807) is 30.5 Å². The van der Waals surface area contributed by atoms with E-state index in [1.807, 2.05) is 13.8 Å². The number of halogens is 7. The molecule has 0 saturated carbocycles. The molecule has 268 valence electrons. The first-order valence-corrected chi connectivity index (χ1v) is 16.3. The second-order valence-electron chi connectivity index (χ2n) is 13.3. The van der Waals surface area contributed by atoms with Crippen LogP contribution in [-0.4, -0.2) is 40.2 Å². The molecule has 4 atom stereocenters. The van der Waals surface area contributed by atoms with Gasteiger partial charge in [0.1, 0.15) is 0 Å². The summed E-state index contributed by atoms with van der Waals surface area (Å²) in [6, 6.07) is 9.80. The zero-order chi connectivity index (χ0) is 37.0. The lowest BCUT2D eigenvalue weighted by Gasteiger charge is -2.44. The van der Waals surface area contributed by atoms with Crippen LogP contribution in [0.2, 0.25) is 6.32 Å². The first kappa shape index (κ1) is 36.3. The Hall–Kier alpha value is -4.50. The number of pyridine rings is 1. The van der Waals surface area contributed by atoms with Crippen molar-refractivity contribution in [3.8, 4) is 5.75 Å². The van der Waals surface area contributed by atoms with Crippen LogP contribution in [0.3, 0.4) is 0 Å². The molecule has 1 aromatic heterocycles. The first-order valence-electron chi connectivity index (χ1n) is 16.3. The number of amides is 2. The van der Waals surface area contributed by atoms with Crippen molar-refractivity contribution in [1.29, 1.82) is 0 Å². The quantitative estimate of drug-likeness (QED) is 0.112. The van der Waals surface area contributed by atoms with E-state index in [0.29, 0.717) is 39.4 Å². The average molecular weight is 716 g/mol. The van der Waals surface area contributed by atoms with E-state index in [2.05, 4.69) is 4.98 Å². The molecule has 0 bridgehead atoms. The van der Waals surface area contributed by atoms with E-state index in [0.717, 1.165) is 11.6 Å². The number of hydrogen-bond donors (Lipinski definition) is 2. The van der Waals surface area contributed by atoms with E-state index < -0.39 is 83.5 Å². The van der Waals surface area contributed by atoms with Gasteiger partial charge < -0.3 is 14.8 Å². The number of allylic oxidation sites excluding steroid dienone is 2. The number of carbonyl (C=O) groups excluding carboxylic acids is 2. The van der Waals surface area contributed by atoms with Crippen molar-refractivity contribution in [2.75, 3.05) is 4.90 Å². The smallest absolute Gasteiger partial charge is 0.455 e. The summed E-state index contributed by atoms with van der Waals surface area (Å²) in [4.78, 5) is 32.7. The maximum absolute atomic E-state index is 14.2. The molecule has 2 amide bonds. The van der Waals surface area contributed by atoms with E-state index in [1.165, 1.54) is 12.1 Å². The van der Waals surface area contributed by atoms with Gasteiger partial charge in [-0.3, -0.25) is 14.6 Å². The number of anilines is 1. The summed E-state index contributed by atoms with van der Waals surface area (Å²) in [5.41, 5.74) is -1.06. The van der Waals surface area contributed by atoms with Crippen LogP contribution in [0.5, 0.6) is 5.75 Å². The van der Waals surface area contributed by atoms with Crippen LogP contribution < -0.4 is 4.90 Å². The lowest BCUT2D eigenvalue weighted by atomic mass is 9.57. The highest BCUT2D eigenvalue weighted by atomic mass is 19.4.